The number of amides is 2. The topological polar surface area (TPSA) is 49.4 Å². The predicted molar refractivity (Wildman–Crippen MR) is 95.7 cm³/mol. The molecular weight excluding hydrogens is 324 g/mol. The van der Waals surface area contributed by atoms with Crippen LogP contribution in [0.25, 0.3) is 0 Å². The monoisotopic (exact) mass is 344 g/mol. The molecule has 1 atom stereocenters. The molecule has 0 aliphatic carbocycles. The van der Waals surface area contributed by atoms with Crippen LogP contribution in [0, 0.1) is 0 Å². The number of halogens is 1. The van der Waals surface area contributed by atoms with Gasteiger partial charge in [0.1, 0.15) is 6.04 Å². The molecule has 0 saturated carbocycles. The van der Waals surface area contributed by atoms with Crippen molar-refractivity contribution in [1.29, 1.82) is 0 Å². The van der Waals surface area contributed by atoms with Crippen LogP contribution in [-0.4, -0.2) is 29.8 Å². The van der Waals surface area contributed by atoms with E-state index < -0.39 is 6.04 Å². The van der Waals surface area contributed by atoms with Gasteiger partial charge in [0, 0.05) is 18.6 Å². The van der Waals surface area contributed by atoms with Gasteiger partial charge in [-0.1, -0.05) is 54.1 Å². The van der Waals surface area contributed by atoms with E-state index in [1.807, 2.05) is 42.5 Å². The summed E-state index contributed by atoms with van der Waals surface area (Å²) in [5.41, 5.74) is 1.81. The second kappa shape index (κ2) is 8.50. The van der Waals surface area contributed by atoms with Crippen molar-refractivity contribution >= 4 is 23.4 Å². The van der Waals surface area contributed by atoms with Crippen LogP contribution in [-0.2, 0) is 22.6 Å². The third-order valence-corrected chi connectivity index (χ3v) is 4.09. The summed E-state index contributed by atoms with van der Waals surface area (Å²) in [5.74, 6) is -0.303. The zero-order chi connectivity index (χ0) is 17.5. The van der Waals surface area contributed by atoms with Crippen LogP contribution >= 0.6 is 11.6 Å². The van der Waals surface area contributed by atoms with E-state index in [1.165, 1.54) is 0 Å². The van der Waals surface area contributed by atoms with Crippen molar-refractivity contribution < 1.29 is 9.59 Å². The Balaban J connectivity index is 2.20. The Morgan fingerprint density at radius 2 is 1.75 bits per heavy atom. The van der Waals surface area contributed by atoms with Gasteiger partial charge in [0.2, 0.25) is 11.8 Å². The Bertz CT molecular complexity index is 704. The second-order valence-corrected chi connectivity index (χ2v) is 6.04. The fourth-order valence-corrected chi connectivity index (χ4v) is 2.71. The smallest absolute Gasteiger partial charge is 0.242 e. The Kier molecular flexibility index (Phi) is 6.38. The van der Waals surface area contributed by atoms with Gasteiger partial charge in [0.25, 0.3) is 0 Å². The van der Waals surface area contributed by atoms with E-state index in [0.29, 0.717) is 11.6 Å². The summed E-state index contributed by atoms with van der Waals surface area (Å²) in [6, 6.07) is 16.3. The summed E-state index contributed by atoms with van der Waals surface area (Å²) >= 11 is 5.98. The molecule has 1 unspecified atom stereocenters. The highest BCUT2D eigenvalue weighted by Crippen LogP contribution is 2.15. The average Bonchev–Trinajstić information content (AvgIpc) is 2.59. The third-order valence-electron chi connectivity index (χ3n) is 3.85. The predicted octanol–water partition coefficient (Wildman–Crippen LogP) is 3.05. The summed E-state index contributed by atoms with van der Waals surface area (Å²) in [7, 11) is 1.57. The largest absolute Gasteiger partial charge is 0.357 e. The maximum absolute atomic E-state index is 12.8. The van der Waals surface area contributed by atoms with Crippen molar-refractivity contribution in [1.82, 2.24) is 10.2 Å². The first-order valence-electron chi connectivity index (χ1n) is 7.80. The molecule has 0 fully saturated rings. The molecule has 2 aromatic carbocycles. The van der Waals surface area contributed by atoms with E-state index in [0.717, 1.165) is 11.1 Å². The summed E-state index contributed by atoms with van der Waals surface area (Å²) < 4.78 is 0. The first-order valence-corrected chi connectivity index (χ1v) is 8.18. The molecule has 0 aromatic heterocycles. The van der Waals surface area contributed by atoms with E-state index in [1.54, 1.807) is 31.0 Å². The highest BCUT2D eigenvalue weighted by Gasteiger charge is 2.25. The van der Waals surface area contributed by atoms with Crippen LogP contribution in [0.1, 0.15) is 18.1 Å². The van der Waals surface area contributed by atoms with E-state index in [-0.39, 0.29) is 18.2 Å². The Morgan fingerprint density at radius 1 is 1.08 bits per heavy atom. The number of benzene rings is 2. The van der Waals surface area contributed by atoms with Crippen molar-refractivity contribution in [3.63, 3.8) is 0 Å². The van der Waals surface area contributed by atoms with Crippen LogP contribution in [0.4, 0.5) is 0 Å². The molecule has 2 amide bonds. The molecule has 1 N–H and O–H groups in total. The summed E-state index contributed by atoms with van der Waals surface area (Å²) in [4.78, 5) is 26.4. The van der Waals surface area contributed by atoms with Crippen molar-refractivity contribution in [2.45, 2.75) is 25.9 Å². The molecular formula is C19H21ClN2O2. The van der Waals surface area contributed by atoms with Crippen LogP contribution in [0.2, 0.25) is 5.02 Å². The maximum atomic E-state index is 12.8. The van der Waals surface area contributed by atoms with Crippen molar-refractivity contribution in [3.8, 4) is 0 Å². The number of hydrogen-bond acceptors (Lipinski definition) is 2. The minimum Gasteiger partial charge on any atom is -0.357 e. The first kappa shape index (κ1) is 18.0. The number of rotatable bonds is 6. The molecule has 0 radical (unpaired) electrons. The lowest BCUT2D eigenvalue weighted by Gasteiger charge is -2.28. The van der Waals surface area contributed by atoms with Crippen LogP contribution in [0.3, 0.4) is 0 Å². The van der Waals surface area contributed by atoms with Crippen LogP contribution in [0.5, 0.6) is 0 Å². The Morgan fingerprint density at radius 3 is 2.38 bits per heavy atom. The quantitative estimate of drug-likeness (QED) is 0.875. The van der Waals surface area contributed by atoms with E-state index in [4.69, 9.17) is 11.6 Å². The highest BCUT2D eigenvalue weighted by atomic mass is 35.5. The van der Waals surface area contributed by atoms with Gasteiger partial charge in [-0.05, 0) is 30.2 Å². The lowest BCUT2D eigenvalue weighted by atomic mass is 10.1. The maximum Gasteiger partial charge on any atom is 0.242 e. The normalized spacial score (nSPS) is 11.6. The lowest BCUT2D eigenvalue weighted by Crippen LogP contribution is -2.47. The fourth-order valence-electron chi connectivity index (χ4n) is 2.49. The summed E-state index contributed by atoms with van der Waals surface area (Å²) in [6.45, 7) is 2.12. The molecule has 2 rings (SSSR count). The standard InChI is InChI=1S/C19H21ClN2O2/c1-14(19(24)21-2)22(13-15-7-4-3-5-8-15)18(23)12-16-9-6-10-17(20)11-16/h3-11,14H,12-13H2,1-2H3,(H,21,24). The van der Waals surface area contributed by atoms with Gasteiger partial charge >= 0.3 is 0 Å². The zero-order valence-electron chi connectivity index (χ0n) is 13.8. The molecule has 4 nitrogen and oxygen atoms in total. The van der Waals surface area contributed by atoms with E-state index in [2.05, 4.69) is 5.32 Å². The van der Waals surface area contributed by atoms with Crippen molar-refractivity contribution in [2.75, 3.05) is 7.05 Å². The first-order chi connectivity index (χ1) is 11.5. The van der Waals surface area contributed by atoms with Gasteiger partial charge in [0.05, 0.1) is 6.42 Å². The number of nitrogens with zero attached hydrogens (tertiary/aromatic N) is 1. The molecule has 5 heteroatoms. The van der Waals surface area contributed by atoms with Crippen molar-refractivity contribution in [2.24, 2.45) is 0 Å². The zero-order valence-corrected chi connectivity index (χ0v) is 14.6. The molecule has 0 spiro atoms. The van der Waals surface area contributed by atoms with Gasteiger partial charge in [0.15, 0.2) is 0 Å². The van der Waals surface area contributed by atoms with Gasteiger partial charge in [-0.15, -0.1) is 0 Å². The number of hydrogen-bond donors (Lipinski definition) is 1. The molecule has 0 aliphatic rings. The lowest BCUT2D eigenvalue weighted by molar-refractivity contribution is -0.139. The van der Waals surface area contributed by atoms with E-state index in [9.17, 15) is 9.59 Å². The number of nitrogens with one attached hydrogen (secondary N) is 1. The van der Waals surface area contributed by atoms with Gasteiger partial charge in [-0.3, -0.25) is 9.59 Å². The van der Waals surface area contributed by atoms with Gasteiger partial charge in [-0.25, -0.2) is 0 Å². The minimum absolute atomic E-state index is 0.114. The summed E-state index contributed by atoms with van der Waals surface area (Å²) in [6.07, 6.45) is 0.203. The number of carbonyl (C=O) groups is 2. The Labute approximate surface area is 147 Å². The fraction of sp³-hybridized carbons (Fsp3) is 0.263. The number of likely N-dealkylation sites (N-methyl/N-ethyl adjacent to an activating group) is 1. The van der Waals surface area contributed by atoms with E-state index >= 15 is 0 Å². The van der Waals surface area contributed by atoms with Crippen LogP contribution < -0.4 is 5.32 Å². The Hall–Kier alpha value is -2.33. The second-order valence-electron chi connectivity index (χ2n) is 5.60. The average molecular weight is 345 g/mol. The molecule has 126 valence electrons. The van der Waals surface area contributed by atoms with Gasteiger partial charge in [-0.2, -0.15) is 0 Å². The molecule has 24 heavy (non-hydrogen) atoms. The molecule has 0 heterocycles. The van der Waals surface area contributed by atoms with Crippen LogP contribution in [0.15, 0.2) is 54.6 Å². The number of carbonyl (C=O) groups excluding carboxylic acids is 2. The molecule has 0 aliphatic heterocycles. The molecule has 2 aromatic rings. The third kappa shape index (κ3) is 4.83. The van der Waals surface area contributed by atoms with Gasteiger partial charge < -0.3 is 10.2 Å². The summed E-state index contributed by atoms with van der Waals surface area (Å²) in [5, 5.41) is 3.20. The van der Waals surface area contributed by atoms with Crippen molar-refractivity contribution in [3.05, 3.63) is 70.7 Å². The SMILES string of the molecule is CNC(=O)C(C)N(Cc1ccccc1)C(=O)Cc1cccc(Cl)c1. The molecule has 0 saturated heterocycles. The highest BCUT2D eigenvalue weighted by molar-refractivity contribution is 6.30. The minimum atomic E-state index is -0.554. The molecule has 0 bridgehead atoms.